The van der Waals surface area contributed by atoms with Crippen molar-refractivity contribution < 1.29 is 5.11 Å². The number of nitrogens with zero attached hydrogens (tertiary/aromatic N) is 1. The molecule has 0 aromatic carbocycles. The zero-order valence-electron chi connectivity index (χ0n) is 7.79. The highest BCUT2D eigenvalue weighted by Gasteiger charge is 2.05. The van der Waals surface area contributed by atoms with E-state index in [9.17, 15) is 5.11 Å². The lowest BCUT2D eigenvalue weighted by molar-refractivity contribution is 0.163. The second-order valence-electron chi connectivity index (χ2n) is 3.16. The summed E-state index contributed by atoms with van der Waals surface area (Å²) in [7, 11) is 0. The topological polar surface area (TPSA) is 33.1 Å². The first-order valence-corrected chi connectivity index (χ1v) is 5.89. The van der Waals surface area contributed by atoms with Crippen molar-refractivity contribution in [2.24, 2.45) is 0 Å². The molecule has 0 saturated heterocycles. The molecule has 4 heteroatoms. The molecular weight excluding hydrogens is 265 g/mol. The zero-order chi connectivity index (χ0) is 10.4. The fraction of sp³-hybridized carbons (Fsp3) is 0.500. The van der Waals surface area contributed by atoms with E-state index in [0.717, 1.165) is 23.0 Å². The highest BCUT2D eigenvalue weighted by atomic mass is 79.9. The molecule has 14 heavy (non-hydrogen) atoms. The number of hydrogen-bond donors (Lipinski definition) is 1. The van der Waals surface area contributed by atoms with Gasteiger partial charge in [-0.1, -0.05) is 0 Å². The Morgan fingerprint density at radius 3 is 2.86 bits per heavy atom. The Hall–Kier alpha value is -0.120. The van der Waals surface area contributed by atoms with Crippen molar-refractivity contribution in [3.8, 4) is 0 Å². The maximum Gasteiger partial charge on any atom is 0.0596 e. The number of halogens is 2. The standard InChI is InChI=1S/C10H13BrClNO/c11-8-3-4-9(13-7-8)6-10(14)2-1-5-12/h3-4,7,10,14H,1-2,5-6H2. The third-order valence-corrected chi connectivity index (χ3v) is 2.64. The lowest BCUT2D eigenvalue weighted by atomic mass is 10.1. The van der Waals surface area contributed by atoms with Crippen LogP contribution in [0.15, 0.2) is 22.8 Å². The van der Waals surface area contributed by atoms with Crippen LogP contribution in [0.3, 0.4) is 0 Å². The maximum atomic E-state index is 9.59. The Bertz CT molecular complexity index is 265. The van der Waals surface area contributed by atoms with Gasteiger partial charge < -0.3 is 5.11 Å². The van der Waals surface area contributed by atoms with Gasteiger partial charge in [-0.05, 0) is 40.9 Å². The van der Waals surface area contributed by atoms with Gasteiger partial charge in [0.2, 0.25) is 0 Å². The summed E-state index contributed by atoms with van der Waals surface area (Å²) < 4.78 is 0.955. The van der Waals surface area contributed by atoms with Crippen LogP contribution in [0.4, 0.5) is 0 Å². The first-order chi connectivity index (χ1) is 6.72. The molecule has 0 saturated carbocycles. The number of hydrogen-bond acceptors (Lipinski definition) is 2. The van der Waals surface area contributed by atoms with Gasteiger partial charge >= 0.3 is 0 Å². The van der Waals surface area contributed by atoms with Crippen LogP contribution in [-0.4, -0.2) is 22.1 Å². The normalized spacial score (nSPS) is 12.8. The molecule has 1 atom stereocenters. The Kier molecular flexibility index (Phi) is 5.45. The van der Waals surface area contributed by atoms with Crippen LogP contribution in [0, 0.1) is 0 Å². The largest absolute Gasteiger partial charge is 0.393 e. The summed E-state index contributed by atoms with van der Waals surface area (Å²) >= 11 is 8.85. The summed E-state index contributed by atoms with van der Waals surface area (Å²) in [5.74, 6) is 0.602. The fourth-order valence-electron chi connectivity index (χ4n) is 1.18. The summed E-state index contributed by atoms with van der Waals surface area (Å²) in [6.45, 7) is 0. The van der Waals surface area contributed by atoms with E-state index in [4.69, 9.17) is 11.6 Å². The third kappa shape index (κ3) is 4.40. The zero-order valence-corrected chi connectivity index (χ0v) is 10.1. The lowest BCUT2D eigenvalue weighted by Gasteiger charge is -2.08. The summed E-state index contributed by atoms with van der Waals surface area (Å²) in [5, 5.41) is 9.59. The predicted molar refractivity (Wildman–Crippen MR) is 61.6 cm³/mol. The molecule has 1 aromatic rings. The first-order valence-electron chi connectivity index (χ1n) is 4.57. The number of alkyl halides is 1. The van der Waals surface area contributed by atoms with E-state index in [1.165, 1.54) is 0 Å². The van der Waals surface area contributed by atoms with E-state index in [-0.39, 0.29) is 6.10 Å². The summed E-state index contributed by atoms with van der Waals surface area (Å²) in [6, 6.07) is 3.84. The summed E-state index contributed by atoms with van der Waals surface area (Å²) in [6.07, 6.45) is 3.59. The van der Waals surface area contributed by atoms with Crippen molar-refractivity contribution in [1.29, 1.82) is 0 Å². The Labute approximate surface area is 97.4 Å². The predicted octanol–water partition coefficient (Wildman–Crippen LogP) is 2.77. The molecule has 1 rings (SSSR count). The molecule has 0 aliphatic carbocycles. The number of aromatic nitrogens is 1. The second kappa shape index (κ2) is 6.38. The van der Waals surface area contributed by atoms with Crippen molar-refractivity contribution in [3.05, 3.63) is 28.5 Å². The molecule has 0 radical (unpaired) electrons. The highest BCUT2D eigenvalue weighted by molar-refractivity contribution is 9.10. The molecule has 0 bridgehead atoms. The molecule has 1 heterocycles. The van der Waals surface area contributed by atoms with Gasteiger partial charge in [0.05, 0.1) is 6.10 Å². The summed E-state index contributed by atoms with van der Waals surface area (Å²) in [4.78, 5) is 4.19. The Balaban J connectivity index is 2.39. The van der Waals surface area contributed by atoms with Crippen LogP contribution < -0.4 is 0 Å². The van der Waals surface area contributed by atoms with Crippen LogP contribution in [0.5, 0.6) is 0 Å². The molecule has 0 spiro atoms. The molecule has 2 nitrogen and oxygen atoms in total. The fourth-order valence-corrected chi connectivity index (χ4v) is 1.57. The molecule has 0 amide bonds. The maximum absolute atomic E-state index is 9.59. The van der Waals surface area contributed by atoms with Crippen LogP contribution in [0.2, 0.25) is 0 Å². The van der Waals surface area contributed by atoms with Gasteiger partial charge in [0.25, 0.3) is 0 Å². The number of aliphatic hydroxyl groups is 1. The van der Waals surface area contributed by atoms with E-state index in [1.54, 1.807) is 6.20 Å². The number of pyridine rings is 1. The quantitative estimate of drug-likeness (QED) is 0.840. The first kappa shape index (κ1) is 12.0. The summed E-state index contributed by atoms with van der Waals surface area (Å²) in [5.41, 5.74) is 0.912. The molecule has 1 unspecified atom stereocenters. The SMILES string of the molecule is OC(CCCCl)Cc1ccc(Br)cn1. The Morgan fingerprint density at radius 1 is 1.50 bits per heavy atom. The van der Waals surface area contributed by atoms with Gasteiger partial charge in [0.15, 0.2) is 0 Å². The average Bonchev–Trinajstić information content (AvgIpc) is 2.18. The minimum atomic E-state index is -0.331. The second-order valence-corrected chi connectivity index (χ2v) is 4.45. The van der Waals surface area contributed by atoms with Crippen LogP contribution in [-0.2, 0) is 6.42 Å². The van der Waals surface area contributed by atoms with E-state index in [1.807, 2.05) is 12.1 Å². The van der Waals surface area contributed by atoms with E-state index in [2.05, 4.69) is 20.9 Å². The van der Waals surface area contributed by atoms with Gasteiger partial charge in [-0.25, -0.2) is 0 Å². The van der Waals surface area contributed by atoms with Gasteiger partial charge in [0.1, 0.15) is 0 Å². The van der Waals surface area contributed by atoms with Gasteiger partial charge in [-0.3, -0.25) is 4.98 Å². The molecule has 78 valence electrons. The molecule has 1 aromatic heterocycles. The number of rotatable bonds is 5. The lowest BCUT2D eigenvalue weighted by Crippen LogP contribution is -2.11. The highest BCUT2D eigenvalue weighted by Crippen LogP contribution is 2.10. The van der Waals surface area contributed by atoms with Crippen molar-refractivity contribution >= 4 is 27.5 Å². The monoisotopic (exact) mass is 277 g/mol. The molecule has 0 aliphatic rings. The molecule has 1 N–H and O–H groups in total. The van der Waals surface area contributed by atoms with E-state index < -0.39 is 0 Å². The van der Waals surface area contributed by atoms with Crippen LogP contribution in [0.25, 0.3) is 0 Å². The Morgan fingerprint density at radius 2 is 2.29 bits per heavy atom. The van der Waals surface area contributed by atoms with Crippen molar-refractivity contribution in [3.63, 3.8) is 0 Å². The van der Waals surface area contributed by atoms with Crippen LogP contribution in [0.1, 0.15) is 18.5 Å². The van der Waals surface area contributed by atoms with Crippen molar-refractivity contribution in [2.45, 2.75) is 25.4 Å². The van der Waals surface area contributed by atoms with E-state index >= 15 is 0 Å². The van der Waals surface area contributed by atoms with Gasteiger partial charge in [-0.15, -0.1) is 11.6 Å². The molecular formula is C10H13BrClNO. The van der Waals surface area contributed by atoms with Crippen LogP contribution >= 0.6 is 27.5 Å². The van der Waals surface area contributed by atoms with Gasteiger partial charge in [-0.2, -0.15) is 0 Å². The smallest absolute Gasteiger partial charge is 0.0596 e. The van der Waals surface area contributed by atoms with Gasteiger partial charge in [0, 0.05) is 28.7 Å². The van der Waals surface area contributed by atoms with Crippen molar-refractivity contribution in [2.75, 3.05) is 5.88 Å². The minimum Gasteiger partial charge on any atom is -0.393 e. The van der Waals surface area contributed by atoms with Crippen molar-refractivity contribution in [1.82, 2.24) is 4.98 Å². The molecule has 0 fully saturated rings. The average molecular weight is 279 g/mol. The number of aliphatic hydroxyl groups excluding tert-OH is 1. The molecule has 0 aliphatic heterocycles. The van der Waals surface area contributed by atoms with E-state index in [0.29, 0.717) is 12.3 Å². The minimum absolute atomic E-state index is 0.331. The third-order valence-electron chi connectivity index (χ3n) is 1.90.